The molecule has 2 fully saturated rings. The van der Waals surface area contributed by atoms with E-state index in [0.717, 1.165) is 13.0 Å². The van der Waals surface area contributed by atoms with Gasteiger partial charge >= 0.3 is 0 Å². The van der Waals surface area contributed by atoms with Crippen LogP contribution in [0.5, 0.6) is 0 Å². The molecule has 0 radical (unpaired) electrons. The van der Waals surface area contributed by atoms with Crippen molar-refractivity contribution < 1.29 is 9.59 Å². The molecule has 1 saturated carbocycles. The molecule has 3 rings (SSSR count). The molecule has 0 aromatic carbocycles. The van der Waals surface area contributed by atoms with E-state index in [-0.39, 0.29) is 17.6 Å². The van der Waals surface area contributed by atoms with Gasteiger partial charge in [-0.05, 0) is 36.8 Å². The molecule has 0 unspecified atom stereocenters. The van der Waals surface area contributed by atoms with E-state index >= 15 is 0 Å². The number of aromatic nitrogens is 1. The van der Waals surface area contributed by atoms with Gasteiger partial charge in [0.2, 0.25) is 0 Å². The van der Waals surface area contributed by atoms with Crippen LogP contribution in [-0.4, -0.2) is 29.4 Å². The van der Waals surface area contributed by atoms with E-state index in [2.05, 4.69) is 21.2 Å². The molecule has 2 aliphatic rings. The number of hydrogen-bond donors (Lipinski definition) is 3. The smallest absolute Gasteiger partial charge is 0.288 e. The molecule has 6 nitrogen and oxygen atoms in total. The van der Waals surface area contributed by atoms with E-state index in [4.69, 9.17) is 0 Å². The van der Waals surface area contributed by atoms with Crippen LogP contribution in [0.4, 0.5) is 0 Å². The Morgan fingerprint density at radius 1 is 1.32 bits per heavy atom. The Morgan fingerprint density at radius 2 is 2.16 bits per heavy atom. The topological polar surface area (TPSA) is 83.1 Å². The highest BCUT2D eigenvalue weighted by atomic mass is 16.2. The molecule has 6 heteroatoms. The van der Waals surface area contributed by atoms with E-state index in [0.29, 0.717) is 5.41 Å². The predicted molar refractivity (Wildman–Crippen MR) is 67.9 cm³/mol. The lowest BCUT2D eigenvalue weighted by Gasteiger charge is -2.11. The first-order valence-corrected chi connectivity index (χ1v) is 6.43. The van der Waals surface area contributed by atoms with Gasteiger partial charge in [-0.3, -0.25) is 25.4 Å². The van der Waals surface area contributed by atoms with E-state index in [9.17, 15) is 9.59 Å². The SMILES string of the molecule is O=C(NNC(=O)[C@@H]1CC2(CC2)CN1)c1ccccn1. The molecule has 2 heterocycles. The zero-order valence-corrected chi connectivity index (χ0v) is 10.5. The van der Waals surface area contributed by atoms with Gasteiger partial charge in [0.25, 0.3) is 11.8 Å². The fourth-order valence-corrected chi connectivity index (χ4v) is 2.43. The van der Waals surface area contributed by atoms with Gasteiger partial charge in [0.1, 0.15) is 5.69 Å². The number of amides is 2. The number of hydrazine groups is 1. The summed E-state index contributed by atoms with van der Waals surface area (Å²) in [5.41, 5.74) is 5.46. The monoisotopic (exact) mass is 260 g/mol. The van der Waals surface area contributed by atoms with E-state index < -0.39 is 5.91 Å². The van der Waals surface area contributed by atoms with Gasteiger partial charge < -0.3 is 5.32 Å². The van der Waals surface area contributed by atoms with Crippen molar-refractivity contribution in [2.45, 2.75) is 25.3 Å². The molecule has 1 aliphatic heterocycles. The van der Waals surface area contributed by atoms with Crippen LogP contribution >= 0.6 is 0 Å². The minimum absolute atomic E-state index is 0.187. The Kier molecular flexibility index (Phi) is 2.94. The summed E-state index contributed by atoms with van der Waals surface area (Å²) in [6.45, 7) is 0.902. The van der Waals surface area contributed by atoms with Crippen molar-refractivity contribution in [1.29, 1.82) is 0 Å². The maximum atomic E-state index is 11.9. The second-order valence-corrected chi connectivity index (χ2v) is 5.30. The molecule has 1 saturated heterocycles. The first-order chi connectivity index (χ1) is 9.19. The molecule has 1 aromatic rings. The first-order valence-electron chi connectivity index (χ1n) is 6.43. The van der Waals surface area contributed by atoms with Gasteiger partial charge in [0, 0.05) is 12.7 Å². The van der Waals surface area contributed by atoms with Gasteiger partial charge in [-0.1, -0.05) is 6.07 Å². The summed E-state index contributed by atoms with van der Waals surface area (Å²) in [6.07, 6.45) is 4.79. The van der Waals surface area contributed by atoms with Gasteiger partial charge in [-0.15, -0.1) is 0 Å². The Labute approximate surface area is 111 Å². The fourth-order valence-electron chi connectivity index (χ4n) is 2.43. The summed E-state index contributed by atoms with van der Waals surface area (Å²) in [6, 6.07) is 4.84. The molecular formula is C13H16N4O2. The molecule has 1 spiro atoms. The van der Waals surface area contributed by atoms with Crippen LogP contribution in [-0.2, 0) is 4.79 Å². The highest BCUT2D eigenvalue weighted by Crippen LogP contribution is 2.51. The molecule has 100 valence electrons. The first kappa shape index (κ1) is 12.1. The lowest BCUT2D eigenvalue weighted by molar-refractivity contribution is -0.123. The number of carbonyl (C=O) groups is 2. The summed E-state index contributed by atoms with van der Waals surface area (Å²) in [5.74, 6) is -0.596. The molecule has 1 aromatic heterocycles. The Bertz CT molecular complexity index is 499. The zero-order chi connectivity index (χ0) is 13.3. The van der Waals surface area contributed by atoms with Gasteiger partial charge in [-0.25, -0.2) is 0 Å². The normalized spacial score (nSPS) is 23.1. The summed E-state index contributed by atoms with van der Waals surface area (Å²) in [4.78, 5) is 27.5. The van der Waals surface area contributed by atoms with Crippen molar-refractivity contribution in [3.63, 3.8) is 0 Å². The lowest BCUT2D eigenvalue weighted by atomic mass is 10.0. The van der Waals surface area contributed by atoms with Crippen molar-refractivity contribution in [3.05, 3.63) is 30.1 Å². The molecule has 1 aliphatic carbocycles. The summed E-state index contributed by atoms with van der Waals surface area (Å²) in [5, 5.41) is 3.19. The quantitative estimate of drug-likeness (QED) is 0.653. The highest BCUT2D eigenvalue weighted by Gasteiger charge is 2.49. The van der Waals surface area contributed by atoms with E-state index in [1.54, 1.807) is 18.2 Å². The number of pyridine rings is 1. The van der Waals surface area contributed by atoms with Crippen LogP contribution in [0.1, 0.15) is 29.8 Å². The third kappa shape index (κ3) is 2.58. The predicted octanol–water partition coefficient (Wildman–Crippen LogP) is -0.0153. The van der Waals surface area contributed by atoms with Crippen LogP contribution in [0.15, 0.2) is 24.4 Å². The van der Waals surface area contributed by atoms with Crippen molar-refractivity contribution in [1.82, 2.24) is 21.2 Å². The largest absolute Gasteiger partial charge is 0.305 e. The van der Waals surface area contributed by atoms with Gasteiger partial charge in [0.15, 0.2) is 0 Å². The summed E-state index contributed by atoms with van der Waals surface area (Å²) < 4.78 is 0. The molecule has 1 atom stereocenters. The Balaban J connectivity index is 1.49. The number of rotatable bonds is 2. The van der Waals surface area contributed by atoms with Gasteiger partial charge in [0.05, 0.1) is 6.04 Å². The second-order valence-electron chi connectivity index (χ2n) is 5.30. The van der Waals surface area contributed by atoms with E-state index in [1.807, 2.05) is 0 Å². The van der Waals surface area contributed by atoms with Crippen molar-refractivity contribution in [2.75, 3.05) is 6.54 Å². The van der Waals surface area contributed by atoms with Crippen LogP contribution in [0, 0.1) is 5.41 Å². The van der Waals surface area contributed by atoms with Crippen molar-refractivity contribution in [2.24, 2.45) is 5.41 Å². The van der Waals surface area contributed by atoms with Crippen molar-refractivity contribution >= 4 is 11.8 Å². The number of carbonyl (C=O) groups excluding carboxylic acids is 2. The molecule has 0 bridgehead atoms. The maximum Gasteiger partial charge on any atom is 0.288 e. The number of hydrogen-bond acceptors (Lipinski definition) is 4. The molecule has 19 heavy (non-hydrogen) atoms. The van der Waals surface area contributed by atoms with E-state index in [1.165, 1.54) is 19.0 Å². The molecule has 3 N–H and O–H groups in total. The second kappa shape index (κ2) is 4.62. The Hall–Kier alpha value is -1.95. The third-order valence-corrected chi connectivity index (χ3v) is 3.83. The molecule has 2 amide bonds. The highest BCUT2D eigenvalue weighted by molar-refractivity contribution is 5.94. The van der Waals surface area contributed by atoms with Crippen LogP contribution in [0.3, 0.4) is 0 Å². The minimum Gasteiger partial charge on any atom is -0.305 e. The average Bonchev–Trinajstić information content (AvgIpc) is 3.06. The fraction of sp³-hybridized carbons (Fsp3) is 0.462. The van der Waals surface area contributed by atoms with Crippen LogP contribution in [0.2, 0.25) is 0 Å². The van der Waals surface area contributed by atoms with Crippen LogP contribution < -0.4 is 16.2 Å². The van der Waals surface area contributed by atoms with Crippen LogP contribution in [0.25, 0.3) is 0 Å². The van der Waals surface area contributed by atoms with Crippen molar-refractivity contribution in [3.8, 4) is 0 Å². The minimum atomic E-state index is -0.409. The molecular weight excluding hydrogens is 244 g/mol. The summed E-state index contributed by atoms with van der Waals surface area (Å²) >= 11 is 0. The maximum absolute atomic E-state index is 11.9. The number of nitrogens with zero attached hydrogens (tertiary/aromatic N) is 1. The lowest BCUT2D eigenvalue weighted by Crippen LogP contribution is -2.49. The summed E-state index contributed by atoms with van der Waals surface area (Å²) in [7, 11) is 0. The third-order valence-electron chi connectivity index (χ3n) is 3.83. The zero-order valence-electron chi connectivity index (χ0n) is 10.5. The number of nitrogens with one attached hydrogen (secondary N) is 3. The van der Waals surface area contributed by atoms with Gasteiger partial charge in [-0.2, -0.15) is 0 Å². The average molecular weight is 260 g/mol. The Morgan fingerprint density at radius 3 is 2.79 bits per heavy atom. The standard InChI is InChI=1S/C13H16N4O2/c18-11(9-3-1-2-6-14-9)16-17-12(19)10-7-13(4-5-13)8-15-10/h1-3,6,10,15H,4-5,7-8H2,(H,16,18)(H,17,19)/t10-/m0/s1.